The summed E-state index contributed by atoms with van der Waals surface area (Å²) >= 11 is 0. The smallest absolute Gasteiger partial charge is 0.307 e. The van der Waals surface area contributed by atoms with Gasteiger partial charge in [-0.3, -0.25) is 9.48 Å². The number of aryl methyl sites for hydroxylation is 2. The molecule has 3 rings (SSSR count). The zero-order chi connectivity index (χ0) is 18.5. The Morgan fingerprint density at radius 2 is 2.19 bits per heavy atom. The molecule has 1 fully saturated rings. The highest BCUT2D eigenvalue weighted by molar-refractivity contribution is 5.80. The fraction of sp³-hybridized carbons (Fsp3) is 0.429. The molecule has 0 saturated carbocycles. The van der Waals surface area contributed by atoms with Crippen LogP contribution in [0.1, 0.15) is 36.0 Å². The van der Waals surface area contributed by atoms with Crippen LogP contribution in [-0.2, 0) is 11.8 Å². The Morgan fingerprint density at radius 1 is 1.38 bits per heavy atom. The Balaban J connectivity index is 1.75. The van der Waals surface area contributed by atoms with Gasteiger partial charge in [0.05, 0.1) is 12.1 Å². The molecule has 1 aliphatic heterocycles. The lowest BCUT2D eigenvalue weighted by Crippen LogP contribution is -2.39. The second-order valence-electron chi connectivity index (χ2n) is 7.10. The van der Waals surface area contributed by atoms with Gasteiger partial charge in [0.25, 0.3) is 0 Å². The summed E-state index contributed by atoms with van der Waals surface area (Å²) in [7, 11) is 1.93. The molecule has 5 nitrogen and oxygen atoms in total. The number of piperidine rings is 1. The number of likely N-dealkylation sites (tertiary alicyclic amines) is 1. The lowest BCUT2D eigenvalue weighted by Gasteiger charge is -2.30. The van der Waals surface area contributed by atoms with Gasteiger partial charge in [-0.25, -0.2) is 0 Å². The summed E-state index contributed by atoms with van der Waals surface area (Å²) in [6.45, 7) is 4.67. The topological polar surface area (TPSA) is 58.4 Å². The van der Waals surface area contributed by atoms with Gasteiger partial charge in [0.1, 0.15) is 0 Å². The first-order valence-corrected chi connectivity index (χ1v) is 9.25. The number of rotatable bonds is 6. The summed E-state index contributed by atoms with van der Waals surface area (Å²) < 4.78 is 1.82. The lowest BCUT2D eigenvalue weighted by atomic mass is 9.95. The van der Waals surface area contributed by atoms with Crippen molar-refractivity contribution < 1.29 is 9.90 Å². The molecule has 5 heteroatoms. The maximum Gasteiger partial charge on any atom is 0.307 e. The molecule has 138 valence electrons. The Labute approximate surface area is 154 Å². The van der Waals surface area contributed by atoms with Crippen molar-refractivity contribution in [3.05, 3.63) is 59.4 Å². The number of carbonyl (C=O) groups is 1. The molecule has 0 spiro atoms. The standard InChI is InChI=1S/C21H27N3O2/c1-16-7-3-4-9-19(16)20(18-13-22-23(2)14-18)10-6-12-24-11-5-8-17(15-24)21(25)26/h3-4,7,9-10,13-14,17H,5-6,8,11-12,15H2,1-2H3,(H,25,26). The van der Waals surface area contributed by atoms with Gasteiger partial charge in [-0.15, -0.1) is 0 Å². The highest BCUT2D eigenvalue weighted by Gasteiger charge is 2.24. The molecule has 0 aliphatic carbocycles. The minimum absolute atomic E-state index is 0.220. The van der Waals surface area contributed by atoms with E-state index in [2.05, 4.69) is 47.3 Å². The van der Waals surface area contributed by atoms with Crippen LogP contribution in [0.25, 0.3) is 5.57 Å². The molecule has 1 aromatic carbocycles. The molecule has 1 aliphatic rings. The van der Waals surface area contributed by atoms with Crippen LogP contribution in [0.4, 0.5) is 0 Å². The van der Waals surface area contributed by atoms with Gasteiger partial charge in [0, 0.05) is 31.9 Å². The molecule has 1 N–H and O–H groups in total. The van der Waals surface area contributed by atoms with Crippen LogP contribution in [0.15, 0.2) is 42.7 Å². The van der Waals surface area contributed by atoms with Gasteiger partial charge in [-0.1, -0.05) is 30.3 Å². The lowest BCUT2D eigenvalue weighted by molar-refractivity contribution is -0.143. The Bertz CT molecular complexity index is 794. The van der Waals surface area contributed by atoms with Crippen LogP contribution in [0.3, 0.4) is 0 Å². The van der Waals surface area contributed by atoms with E-state index in [0.717, 1.165) is 37.9 Å². The van der Waals surface area contributed by atoms with Crippen LogP contribution >= 0.6 is 0 Å². The van der Waals surface area contributed by atoms with Crippen molar-refractivity contribution >= 4 is 11.5 Å². The van der Waals surface area contributed by atoms with Gasteiger partial charge in [0.15, 0.2) is 0 Å². The molecule has 1 unspecified atom stereocenters. The summed E-state index contributed by atoms with van der Waals surface area (Å²) in [5.41, 5.74) is 4.78. The maximum absolute atomic E-state index is 11.2. The van der Waals surface area contributed by atoms with Crippen molar-refractivity contribution in [1.82, 2.24) is 14.7 Å². The number of carboxylic acid groups (broad SMARTS) is 1. The number of benzene rings is 1. The molecule has 1 aromatic heterocycles. The summed E-state index contributed by atoms with van der Waals surface area (Å²) in [5.74, 6) is -0.886. The average Bonchev–Trinajstić information content (AvgIpc) is 3.06. The quantitative estimate of drug-likeness (QED) is 0.865. The number of hydrogen-bond donors (Lipinski definition) is 1. The minimum Gasteiger partial charge on any atom is -0.481 e. The van der Waals surface area contributed by atoms with Crippen LogP contribution in [0.2, 0.25) is 0 Å². The summed E-state index contributed by atoms with van der Waals surface area (Å²) in [6.07, 6.45) is 8.87. The van der Waals surface area contributed by atoms with Crippen molar-refractivity contribution in [2.75, 3.05) is 19.6 Å². The number of hydrogen-bond acceptors (Lipinski definition) is 3. The van der Waals surface area contributed by atoms with Crippen molar-refractivity contribution in [1.29, 1.82) is 0 Å². The Hall–Kier alpha value is -2.40. The fourth-order valence-corrected chi connectivity index (χ4v) is 3.67. The molecule has 0 amide bonds. The zero-order valence-electron chi connectivity index (χ0n) is 15.6. The van der Waals surface area contributed by atoms with Gasteiger partial charge < -0.3 is 10.0 Å². The van der Waals surface area contributed by atoms with Gasteiger partial charge in [0.2, 0.25) is 0 Å². The highest BCUT2D eigenvalue weighted by Crippen LogP contribution is 2.26. The predicted molar refractivity (Wildman–Crippen MR) is 103 cm³/mol. The summed E-state index contributed by atoms with van der Waals surface area (Å²) in [4.78, 5) is 13.5. The van der Waals surface area contributed by atoms with Gasteiger partial charge in [-0.2, -0.15) is 5.10 Å². The van der Waals surface area contributed by atoms with E-state index in [9.17, 15) is 9.90 Å². The SMILES string of the molecule is Cc1ccccc1C(=CCCN1CCCC(C(=O)O)C1)c1cnn(C)c1. The Kier molecular flexibility index (Phi) is 5.89. The third-order valence-corrected chi connectivity index (χ3v) is 5.10. The minimum atomic E-state index is -0.666. The molecule has 0 bridgehead atoms. The summed E-state index contributed by atoms with van der Waals surface area (Å²) in [6, 6.07) is 8.39. The molecule has 1 saturated heterocycles. The number of carboxylic acids is 1. The van der Waals surface area contributed by atoms with Crippen molar-refractivity contribution in [2.45, 2.75) is 26.2 Å². The first-order chi connectivity index (χ1) is 12.5. The van der Waals surface area contributed by atoms with E-state index in [-0.39, 0.29) is 5.92 Å². The second kappa shape index (κ2) is 8.32. The number of nitrogens with zero attached hydrogens (tertiary/aromatic N) is 3. The number of aliphatic carboxylic acids is 1. The molecule has 2 aromatic rings. The van der Waals surface area contributed by atoms with Crippen molar-refractivity contribution in [2.24, 2.45) is 13.0 Å². The third kappa shape index (κ3) is 4.41. The predicted octanol–water partition coefficient (Wildman–Crippen LogP) is 3.35. The highest BCUT2D eigenvalue weighted by atomic mass is 16.4. The van der Waals surface area contributed by atoms with E-state index >= 15 is 0 Å². The first-order valence-electron chi connectivity index (χ1n) is 9.25. The average molecular weight is 353 g/mol. The van der Waals surface area contributed by atoms with Crippen molar-refractivity contribution in [3.63, 3.8) is 0 Å². The monoisotopic (exact) mass is 353 g/mol. The van der Waals surface area contributed by atoms with E-state index in [1.54, 1.807) is 0 Å². The van der Waals surface area contributed by atoms with Crippen molar-refractivity contribution in [3.8, 4) is 0 Å². The molecule has 26 heavy (non-hydrogen) atoms. The van der Waals surface area contributed by atoms with E-state index in [4.69, 9.17) is 0 Å². The Morgan fingerprint density at radius 3 is 2.88 bits per heavy atom. The van der Waals surface area contributed by atoms with Gasteiger partial charge in [-0.05, 0) is 49.4 Å². The molecular weight excluding hydrogens is 326 g/mol. The van der Waals surface area contributed by atoms with E-state index < -0.39 is 5.97 Å². The normalized spacial score (nSPS) is 18.8. The maximum atomic E-state index is 11.2. The molecule has 2 heterocycles. The van der Waals surface area contributed by atoms with E-state index in [0.29, 0.717) is 6.54 Å². The number of aromatic nitrogens is 2. The van der Waals surface area contributed by atoms with E-state index in [1.165, 1.54) is 16.7 Å². The zero-order valence-corrected chi connectivity index (χ0v) is 15.6. The largest absolute Gasteiger partial charge is 0.481 e. The first kappa shape index (κ1) is 18.4. The molecule has 0 radical (unpaired) electrons. The van der Waals surface area contributed by atoms with Crippen LogP contribution in [0.5, 0.6) is 0 Å². The molecular formula is C21H27N3O2. The summed E-state index contributed by atoms with van der Waals surface area (Å²) in [5, 5.41) is 13.6. The molecule has 1 atom stereocenters. The van der Waals surface area contributed by atoms with Gasteiger partial charge >= 0.3 is 5.97 Å². The second-order valence-corrected chi connectivity index (χ2v) is 7.10. The third-order valence-electron chi connectivity index (χ3n) is 5.10. The van der Waals surface area contributed by atoms with Crippen LogP contribution in [0, 0.1) is 12.8 Å². The fourth-order valence-electron chi connectivity index (χ4n) is 3.67. The van der Waals surface area contributed by atoms with Crippen LogP contribution < -0.4 is 0 Å². The van der Waals surface area contributed by atoms with E-state index in [1.807, 2.05) is 24.1 Å². The van der Waals surface area contributed by atoms with Crippen LogP contribution in [-0.4, -0.2) is 45.4 Å².